The van der Waals surface area contributed by atoms with Crippen molar-refractivity contribution < 1.29 is 36.6 Å². The van der Waals surface area contributed by atoms with Crippen molar-refractivity contribution in [2.75, 3.05) is 0 Å². The smallest absolute Gasteiger partial charge is 0.400 e. The van der Waals surface area contributed by atoms with Crippen molar-refractivity contribution in [3.05, 3.63) is 35.9 Å². The fraction of sp³-hybridized carbons (Fsp3) is 0.471. The van der Waals surface area contributed by atoms with Gasteiger partial charge in [0.15, 0.2) is 0 Å². The summed E-state index contributed by atoms with van der Waals surface area (Å²) < 4.78 is 70.8. The van der Waals surface area contributed by atoms with Crippen molar-refractivity contribution in [3.8, 4) is 5.75 Å². The fourth-order valence-electron chi connectivity index (χ4n) is 2.81. The largest absolute Gasteiger partial charge is 0.478 e. The number of hydrogen-bond donors (Lipinski definition) is 1. The summed E-state index contributed by atoms with van der Waals surface area (Å²) in [6.07, 6.45) is -6.87. The molecule has 138 valence electrons. The van der Waals surface area contributed by atoms with Crippen LogP contribution < -0.4 is 4.74 Å². The van der Waals surface area contributed by atoms with Crippen LogP contribution in [-0.4, -0.2) is 23.4 Å². The van der Waals surface area contributed by atoms with E-state index in [4.69, 9.17) is 5.11 Å². The van der Waals surface area contributed by atoms with Crippen LogP contribution >= 0.6 is 0 Å². The number of ether oxygens (including phenoxy) is 1. The lowest BCUT2D eigenvalue weighted by Gasteiger charge is -2.33. The number of halogens is 5. The van der Waals surface area contributed by atoms with Crippen LogP contribution in [-0.2, 0) is 4.79 Å². The third-order valence-electron chi connectivity index (χ3n) is 4.22. The lowest BCUT2D eigenvalue weighted by molar-refractivity contribution is -0.237. The molecule has 1 saturated carbocycles. The van der Waals surface area contributed by atoms with Gasteiger partial charge in [-0.15, -0.1) is 0 Å². The molecule has 0 unspecified atom stereocenters. The van der Waals surface area contributed by atoms with Crippen LogP contribution in [0.5, 0.6) is 5.75 Å². The molecule has 1 aliphatic rings. The van der Waals surface area contributed by atoms with Crippen LogP contribution in [0.25, 0.3) is 6.08 Å². The van der Waals surface area contributed by atoms with Crippen molar-refractivity contribution in [2.45, 2.75) is 38.0 Å². The van der Waals surface area contributed by atoms with Gasteiger partial charge < -0.3 is 9.84 Å². The molecule has 0 saturated heterocycles. The molecule has 0 aliphatic heterocycles. The van der Waals surface area contributed by atoms with Crippen molar-refractivity contribution >= 4 is 12.0 Å². The van der Waals surface area contributed by atoms with Gasteiger partial charge in [-0.25, -0.2) is 4.79 Å². The van der Waals surface area contributed by atoms with Crippen molar-refractivity contribution in [3.63, 3.8) is 0 Å². The maximum atomic E-state index is 14.2. The maximum absolute atomic E-state index is 14.2. The Balaban J connectivity index is 1.96. The number of carboxylic acids is 1. The summed E-state index contributed by atoms with van der Waals surface area (Å²) in [6.45, 7) is 0. The van der Waals surface area contributed by atoms with Crippen molar-refractivity contribution in [1.82, 2.24) is 0 Å². The average Bonchev–Trinajstić information content (AvgIpc) is 2.53. The van der Waals surface area contributed by atoms with E-state index in [0.29, 0.717) is 5.56 Å². The molecule has 1 aromatic rings. The summed E-state index contributed by atoms with van der Waals surface area (Å²) in [4.78, 5) is 10.4. The zero-order chi connectivity index (χ0) is 18.7. The fourth-order valence-corrected chi connectivity index (χ4v) is 2.81. The molecule has 3 nitrogen and oxygen atoms in total. The third kappa shape index (κ3) is 5.44. The highest BCUT2D eigenvalue weighted by molar-refractivity contribution is 5.85. The minimum atomic E-state index is -4.35. The van der Waals surface area contributed by atoms with E-state index in [2.05, 4.69) is 4.74 Å². The van der Waals surface area contributed by atoms with Crippen LogP contribution in [0.4, 0.5) is 22.0 Å². The monoisotopic (exact) mass is 364 g/mol. The Kier molecular flexibility index (Phi) is 5.69. The quantitative estimate of drug-likeness (QED) is 0.582. The predicted molar refractivity (Wildman–Crippen MR) is 80.2 cm³/mol. The molecule has 0 spiro atoms. The Morgan fingerprint density at radius 3 is 2.00 bits per heavy atom. The summed E-state index contributed by atoms with van der Waals surface area (Å²) in [5.41, 5.74) is 0.490. The molecule has 1 aliphatic carbocycles. The van der Waals surface area contributed by atoms with E-state index >= 15 is 0 Å². The van der Waals surface area contributed by atoms with Crippen LogP contribution in [0.15, 0.2) is 30.3 Å². The van der Waals surface area contributed by atoms with Gasteiger partial charge >= 0.3 is 18.3 Å². The number of benzene rings is 1. The number of rotatable bonds is 5. The number of alkyl halides is 5. The number of carboxylic acid groups (broad SMARTS) is 1. The second kappa shape index (κ2) is 7.41. The first-order chi connectivity index (χ1) is 11.6. The van der Waals surface area contributed by atoms with Crippen LogP contribution in [0, 0.1) is 11.8 Å². The molecule has 2 rings (SSSR count). The lowest BCUT2D eigenvalue weighted by Crippen LogP contribution is -2.39. The zero-order valence-electron chi connectivity index (χ0n) is 13.1. The van der Waals surface area contributed by atoms with Gasteiger partial charge in [0.1, 0.15) is 5.75 Å². The summed E-state index contributed by atoms with van der Waals surface area (Å²) in [6, 6.07) is 5.34. The number of aliphatic carboxylic acids is 1. The highest BCUT2D eigenvalue weighted by atomic mass is 19.4. The Bertz CT molecular complexity index is 614. The third-order valence-corrected chi connectivity index (χ3v) is 4.22. The van der Waals surface area contributed by atoms with Gasteiger partial charge in [-0.05, 0) is 49.5 Å². The molecule has 0 aromatic heterocycles. The van der Waals surface area contributed by atoms with Gasteiger partial charge in [-0.2, -0.15) is 22.0 Å². The summed E-state index contributed by atoms with van der Waals surface area (Å²) in [5.74, 6) is -4.06. The van der Waals surface area contributed by atoms with Gasteiger partial charge in [-0.1, -0.05) is 12.1 Å². The molecule has 25 heavy (non-hydrogen) atoms. The first-order valence-corrected chi connectivity index (χ1v) is 7.72. The molecule has 0 atom stereocenters. The molecule has 1 fully saturated rings. The van der Waals surface area contributed by atoms with Gasteiger partial charge in [-0.3, -0.25) is 0 Å². The first-order valence-electron chi connectivity index (χ1n) is 7.72. The zero-order valence-corrected chi connectivity index (χ0v) is 13.1. The van der Waals surface area contributed by atoms with E-state index in [1.807, 2.05) is 0 Å². The van der Waals surface area contributed by atoms with Gasteiger partial charge in [0, 0.05) is 6.08 Å². The van der Waals surface area contributed by atoms with Crippen LogP contribution in [0.3, 0.4) is 0 Å². The van der Waals surface area contributed by atoms with Crippen LogP contribution in [0.1, 0.15) is 31.2 Å². The number of hydrogen-bond acceptors (Lipinski definition) is 2. The van der Waals surface area contributed by atoms with E-state index in [1.165, 1.54) is 30.3 Å². The van der Waals surface area contributed by atoms with E-state index in [1.54, 1.807) is 0 Å². The van der Waals surface area contributed by atoms with Crippen molar-refractivity contribution in [2.24, 2.45) is 11.8 Å². The molecule has 0 radical (unpaired) electrons. The van der Waals surface area contributed by atoms with Crippen LogP contribution in [0.2, 0.25) is 0 Å². The second-order valence-corrected chi connectivity index (χ2v) is 5.99. The van der Waals surface area contributed by atoms with Crippen molar-refractivity contribution in [1.29, 1.82) is 0 Å². The summed E-state index contributed by atoms with van der Waals surface area (Å²) in [5, 5.41) is 8.51. The van der Waals surface area contributed by atoms with Gasteiger partial charge in [0.05, 0.1) is 11.8 Å². The van der Waals surface area contributed by atoms with E-state index in [9.17, 15) is 26.7 Å². The Hall–Kier alpha value is -2.12. The lowest BCUT2D eigenvalue weighted by atomic mass is 9.81. The van der Waals surface area contributed by atoms with Gasteiger partial charge in [0.25, 0.3) is 0 Å². The average molecular weight is 364 g/mol. The Morgan fingerprint density at radius 2 is 1.52 bits per heavy atom. The molecule has 1 aromatic carbocycles. The molecule has 0 heterocycles. The topological polar surface area (TPSA) is 46.5 Å². The molecule has 8 heteroatoms. The predicted octanol–water partition coefficient (Wildman–Crippen LogP) is 5.12. The Morgan fingerprint density at radius 1 is 1.00 bits per heavy atom. The van der Waals surface area contributed by atoms with E-state index < -0.39 is 30.1 Å². The Labute approximate surface area is 141 Å². The summed E-state index contributed by atoms with van der Waals surface area (Å²) in [7, 11) is 0. The standard InChI is InChI=1S/C17H17F5O3/c18-16(19,20)12-4-6-13(7-5-12)17(21,22)25-14-8-1-11(2-9-14)3-10-15(23)24/h1-3,8-10,12-13H,4-7H2,(H,23,24). The van der Waals surface area contributed by atoms with E-state index in [-0.39, 0.29) is 31.4 Å². The molecule has 1 N–H and O–H groups in total. The molecule has 0 bridgehead atoms. The maximum Gasteiger partial charge on any atom is 0.400 e. The highest BCUT2D eigenvalue weighted by Gasteiger charge is 2.48. The first kappa shape index (κ1) is 19.2. The second-order valence-electron chi connectivity index (χ2n) is 5.99. The summed E-state index contributed by atoms with van der Waals surface area (Å²) >= 11 is 0. The molecular weight excluding hydrogens is 347 g/mol. The SMILES string of the molecule is O=C(O)C=Cc1ccc(OC(F)(F)C2CCC(C(F)(F)F)CC2)cc1. The number of carbonyl (C=O) groups is 1. The highest BCUT2D eigenvalue weighted by Crippen LogP contribution is 2.44. The molecule has 0 amide bonds. The minimum absolute atomic E-state index is 0.129. The normalized spacial score (nSPS) is 22.1. The minimum Gasteiger partial charge on any atom is -0.478 e. The van der Waals surface area contributed by atoms with Gasteiger partial charge in [0.2, 0.25) is 0 Å². The van der Waals surface area contributed by atoms with E-state index in [0.717, 1.165) is 6.08 Å². The molecular formula is C17H17F5O3.